The third kappa shape index (κ3) is 5.85. The number of furan rings is 1. The molecule has 1 aliphatic heterocycles. The lowest BCUT2D eigenvalue weighted by atomic mass is 10.0. The highest BCUT2D eigenvalue weighted by atomic mass is 16.5. The summed E-state index contributed by atoms with van der Waals surface area (Å²) in [5, 5.41) is 5.79. The molecular weight excluding hydrogens is 422 g/mol. The van der Waals surface area contributed by atoms with E-state index in [1.165, 1.54) is 0 Å². The Morgan fingerprint density at radius 3 is 2.39 bits per heavy atom. The lowest BCUT2D eigenvalue weighted by Crippen LogP contribution is -2.47. The summed E-state index contributed by atoms with van der Waals surface area (Å²) in [6.45, 7) is 1.28. The van der Waals surface area contributed by atoms with Crippen LogP contribution in [0.2, 0.25) is 0 Å². The molecule has 3 aromatic rings. The third-order valence-corrected chi connectivity index (χ3v) is 5.46. The minimum Gasteiger partial charge on any atom is -0.493 e. The first-order valence-electron chi connectivity index (χ1n) is 10.9. The number of hydrogen-bond acceptors (Lipinski definition) is 5. The fourth-order valence-electron chi connectivity index (χ4n) is 3.71. The van der Waals surface area contributed by atoms with Crippen molar-refractivity contribution >= 4 is 17.6 Å². The van der Waals surface area contributed by atoms with Gasteiger partial charge in [-0.15, -0.1) is 0 Å². The first kappa shape index (κ1) is 22.3. The largest absolute Gasteiger partial charge is 0.493 e. The van der Waals surface area contributed by atoms with E-state index in [1.54, 1.807) is 24.1 Å². The van der Waals surface area contributed by atoms with Crippen molar-refractivity contribution in [3.8, 4) is 11.5 Å². The summed E-state index contributed by atoms with van der Waals surface area (Å²) in [7, 11) is 1.58. The van der Waals surface area contributed by atoms with Crippen LogP contribution in [0.5, 0.6) is 11.5 Å². The molecular formula is C25H27N3O5. The molecule has 0 unspecified atom stereocenters. The summed E-state index contributed by atoms with van der Waals surface area (Å²) < 4.78 is 16.7. The van der Waals surface area contributed by atoms with Crippen LogP contribution in [0, 0.1) is 0 Å². The van der Waals surface area contributed by atoms with Gasteiger partial charge in [-0.3, -0.25) is 4.79 Å². The zero-order valence-corrected chi connectivity index (χ0v) is 18.5. The number of ether oxygens (including phenoxy) is 2. The van der Waals surface area contributed by atoms with Crippen LogP contribution in [0.15, 0.2) is 71.1 Å². The molecule has 1 fully saturated rings. The Kier molecular flexibility index (Phi) is 7.14. The molecule has 1 aliphatic rings. The molecule has 0 radical (unpaired) electrons. The number of carbonyl (C=O) groups is 2. The van der Waals surface area contributed by atoms with Crippen molar-refractivity contribution in [2.45, 2.75) is 25.5 Å². The van der Waals surface area contributed by atoms with Crippen LogP contribution in [-0.4, -0.2) is 43.1 Å². The van der Waals surface area contributed by atoms with Gasteiger partial charge in [0.1, 0.15) is 12.4 Å². The minimum atomic E-state index is -0.239. The first-order valence-corrected chi connectivity index (χ1v) is 10.9. The zero-order chi connectivity index (χ0) is 23.0. The quantitative estimate of drug-likeness (QED) is 0.561. The molecule has 4 rings (SSSR count). The number of rotatable bonds is 7. The van der Waals surface area contributed by atoms with Gasteiger partial charge in [0.15, 0.2) is 17.3 Å². The number of amides is 3. The van der Waals surface area contributed by atoms with Crippen molar-refractivity contribution in [1.82, 2.24) is 10.2 Å². The van der Waals surface area contributed by atoms with Gasteiger partial charge in [0.25, 0.3) is 5.91 Å². The summed E-state index contributed by atoms with van der Waals surface area (Å²) in [4.78, 5) is 26.8. The molecule has 172 valence electrons. The molecule has 0 atom stereocenters. The summed E-state index contributed by atoms with van der Waals surface area (Å²) in [6, 6.07) is 19.8. The number of nitrogens with one attached hydrogen (secondary N) is 2. The predicted molar refractivity (Wildman–Crippen MR) is 124 cm³/mol. The van der Waals surface area contributed by atoms with Gasteiger partial charge in [-0.1, -0.05) is 30.3 Å². The minimum absolute atomic E-state index is 0.0131. The number of methoxy groups -OCH3 is 1. The zero-order valence-electron chi connectivity index (χ0n) is 18.5. The number of para-hydroxylation sites is 3. The van der Waals surface area contributed by atoms with Crippen molar-refractivity contribution in [2.24, 2.45) is 0 Å². The van der Waals surface area contributed by atoms with E-state index < -0.39 is 0 Å². The average Bonchev–Trinajstić information content (AvgIpc) is 3.32. The number of carbonyl (C=O) groups excluding carboxylic acids is 2. The van der Waals surface area contributed by atoms with Crippen LogP contribution in [-0.2, 0) is 6.61 Å². The molecule has 3 amide bonds. The number of piperidine rings is 1. The molecule has 33 heavy (non-hydrogen) atoms. The number of hydrogen-bond donors (Lipinski definition) is 2. The molecule has 8 heteroatoms. The molecule has 8 nitrogen and oxygen atoms in total. The Balaban J connectivity index is 1.24. The van der Waals surface area contributed by atoms with Crippen LogP contribution >= 0.6 is 0 Å². The van der Waals surface area contributed by atoms with Crippen molar-refractivity contribution in [2.75, 3.05) is 25.5 Å². The van der Waals surface area contributed by atoms with E-state index in [1.807, 2.05) is 54.6 Å². The molecule has 0 saturated carbocycles. The Labute approximate surface area is 192 Å². The standard InChI is InChI=1S/C25H27N3O5/c1-31-21-9-5-6-10-22(21)32-17-20-11-12-23(33-20)24(29)28-15-13-19(14-16-28)27-25(30)26-18-7-3-2-4-8-18/h2-12,19H,13-17H2,1H3,(H2,26,27,30). The summed E-state index contributed by atoms with van der Waals surface area (Å²) >= 11 is 0. The van der Waals surface area contributed by atoms with E-state index in [0.29, 0.717) is 43.2 Å². The molecule has 1 saturated heterocycles. The maximum Gasteiger partial charge on any atom is 0.319 e. The fraction of sp³-hybridized carbons (Fsp3) is 0.280. The van der Waals surface area contributed by atoms with E-state index in [-0.39, 0.29) is 30.3 Å². The van der Waals surface area contributed by atoms with E-state index in [9.17, 15) is 9.59 Å². The Hall–Kier alpha value is -3.94. The Morgan fingerprint density at radius 1 is 0.970 bits per heavy atom. The Morgan fingerprint density at radius 2 is 1.67 bits per heavy atom. The molecule has 0 spiro atoms. The van der Waals surface area contributed by atoms with E-state index in [2.05, 4.69) is 10.6 Å². The van der Waals surface area contributed by atoms with Crippen molar-refractivity contribution in [3.63, 3.8) is 0 Å². The van der Waals surface area contributed by atoms with Gasteiger partial charge in [-0.05, 0) is 49.2 Å². The second-order valence-electron chi connectivity index (χ2n) is 7.74. The van der Waals surface area contributed by atoms with Gasteiger partial charge >= 0.3 is 6.03 Å². The van der Waals surface area contributed by atoms with Crippen LogP contribution < -0.4 is 20.1 Å². The maximum atomic E-state index is 12.8. The second-order valence-corrected chi connectivity index (χ2v) is 7.74. The monoisotopic (exact) mass is 449 g/mol. The van der Waals surface area contributed by atoms with Crippen molar-refractivity contribution < 1.29 is 23.5 Å². The van der Waals surface area contributed by atoms with E-state index in [4.69, 9.17) is 13.9 Å². The molecule has 0 bridgehead atoms. The lowest BCUT2D eigenvalue weighted by molar-refractivity contribution is 0.0672. The number of benzene rings is 2. The summed E-state index contributed by atoms with van der Waals surface area (Å²) in [6.07, 6.45) is 1.36. The number of likely N-dealkylation sites (tertiary alicyclic amines) is 1. The van der Waals surface area contributed by atoms with Crippen LogP contribution in [0.3, 0.4) is 0 Å². The lowest BCUT2D eigenvalue weighted by Gasteiger charge is -2.31. The van der Waals surface area contributed by atoms with E-state index in [0.717, 1.165) is 5.69 Å². The SMILES string of the molecule is COc1ccccc1OCc1ccc(C(=O)N2CCC(NC(=O)Nc3ccccc3)CC2)o1. The van der Waals surface area contributed by atoms with Crippen molar-refractivity contribution in [3.05, 3.63) is 78.3 Å². The second kappa shape index (κ2) is 10.6. The topological polar surface area (TPSA) is 93.0 Å². The average molecular weight is 450 g/mol. The van der Waals surface area contributed by atoms with Gasteiger partial charge in [-0.25, -0.2) is 4.79 Å². The smallest absolute Gasteiger partial charge is 0.319 e. The van der Waals surface area contributed by atoms with E-state index >= 15 is 0 Å². The number of anilines is 1. The van der Waals surface area contributed by atoms with Gasteiger partial charge in [-0.2, -0.15) is 0 Å². The third-order valence-electron chi connectivity index (χ3n) is 5.46. The first-order chi connectivity index (χ1) is 16.1. The Bertz CT molecular complexity index is 1070. The molecule has 0 aliphatic carbocycles. The normalized spacial score (nSPS) is 13.9. The van der Waals surface area contributed by atoms with Gasteiger partial charge in [0, 0.05) is 24.8 Å². The summed E-state index contributed by atoms with van der Waals surface area (Å²) in [5.74, 6) is 1.91. The van der Waals surface area contributed by atoms with Crippen LogP contribution in [0.1, 0.15) is 29.2 Å². The molecule has 2 N–H and O–H groups in total. The fourth-order valence-corrected chi connectivity index (χ4v) is 3.71. The highest BCUT2D eigenvalue weighted by Gasteiger charge is 2.26. The predicted octanol–water partition coefficient (Wildman–Crippen LogP) is 4.29. The van der Waals surface area contributed by atoms with Crippen LogP contribution in [0.25, 0.3) is 0 Å². The molecule has 2 aromatic carbocycles. The highest BCUT2D eigenvalue weighted by Crippen LogP contribution is 2.27. The van der Waals surface area contributed by atoms with Crippen molar-refractivity contribution in [1.29, 1.82) is 0 Å². The molecule has 1 aromatic heterocycles. The highest BCUT2D eigenvalue weighted by molar-refractivity contribution is 5.92. The summed E-state index contributed by atoms with van der Waals surface area (Å²) in [5.41, 5.74) is 0.742. The number of urea groups is 1. The van der Waals surface area contributed by atoms with Gasteiger partial charge in [0.2, 0.25) is 0 Å². The van der Waals surface area contributed by atoms with Crippen LogP contribution in [0.4, 0.5) is 10.5 Å². The maximum absolute atomic E-state index is 12.8. The van der Waals surface area contributed by atoms with Gasteiger partial charge in [0.05, 0.1) is 7.11 Å². The number of nitrogens with zero attached hydrogens (tertiary/aromatic N) is 1. The van der Waals surface area contributed by atoms with Gasteiger partial charge < -0.3 is 29.4 Å². The molecule has 2 heterocycles.